The van der Waals surface area contributed by atoms with E-state index in [-0.39, 0.29) is 23.7 Å². The number of nitrogens with one attached hydrogen (secondary N) is 2. The van der Waals surface area contributed by atoms with E-state index in [2.05, 4.69) is 10.6 Å². The molecule has 8 nitrogen and oxygen atoms in total. The molecule has 0 bridgehead atoms. The van der Waals surface area contributed by atoms with Crippen LogP contribution in [0.4, 0.5) is 0 Å². The molecule has 2 aromatic carbocycles. The van der Waals surface area contributed by atoms with Gasteiger partial charge in [-0.1, -0.05) is 29.8 Å². The number of benzene rings is 2. The van der Waals surface area contributed by atoms with Crippen LogP contribution < -0.4 is 15.4 Å². The van der Waals surface area contributed by atoms with Gasteiger partial charge in [0.15, 0.2) is 9.84 Å². The van der Waals surface area contributed by atoms with E-state index < -0.39 is 26.9 Å². The molecule has 2 N–H and O–H groups in total. The van der Waals surface area contributed by atoms with Crippen molar-refractivity contribution in [2.45, 2.75) is 16.6 Å². The summed E-state index contributed by atoms with van der Waals surface area (Å²) >= 11 is 5.85. The molecule has 0 fully saturated rings. The molecule has 3 aromatic rings. The molecule has 1 heterocycles. The first-order valence-corrected chi connectivity index (χ1v) is 12.0. The molecule has 0 saturated heterocycles. The van der Waals surface area contributed by atoms with Crippen molar-refractivity contribution in [2.24, 2.45) is 0 Å². The van der Waals surface area contributed by atoms with Gasteiger partial charge in [-0.25, -0.2) is 8.42 Å². The fraction of sp³-hybridized carbons (Fsp3) is 0.217. The summed E-state index contributed by atoms with van der Waals surface area (Å²) in [6.45, 7) is -0.144. The molecule has 1 aromatic heterocycles. The number of ether oxygens (including phenoxy) is 1. The number of para-hydroxylation sites is 1. The SMILES string of the molecule is COc1ccccc1CCNC(=O)C(=O)NC[C@H](c1ccco1)S(=O)(=O)c1ccc(Cl)cc1. The number of amides is 2. The smallest absolute Gasteiger partial charge is 0.309 e. The molecule has 0 radical (unpaired) electrons. The minimum atomic E-state index is -3.94. The molecule has 0 aliphatic heterocycles. The summed E-state index contributed by atoms with van der Waals surface area (Å²) in [7, 11) is -2.38. The van der Waals surface area contributed by atoms with Crippen LogP contribution in [0.1, 0.15) is 16.6 Å². The van der Waals surface area contributed by atoms with Gasteiger partial charge in [0, 0.05) is 18.1 Å². The van der Waals surface area contributed by atoms with E-state index in [9.17, 15) is 18.0 Å². The molecule has 10 heteroatoms. The minimum absolute atomic E-state index is 0.0174. The van der Waals surface area contributed by atoms with Gasteiger partial charge in [0.25, 0.3) is 0 Å². The third kappa shape index (κ3) is 6.15. The van der Waals surface area contributed by atoms with Crippen LogP contribution in [0.15, 0.2) is 76.2 Å². The van der Waals surface area contributed by atoms with Gasteiger partial charge in [-0.15, -0.1) is 0 Å². The first-order valence-electron chi connectivity index (χ1n) is 10.0. The number of hydrogen-bond donors (Lipinski definition) is 2. The van der Waals surface area contributed by atoms with Crippen LogP contribution >= 0.6 is 11.6 Å². The maximum Gasteiger partial charge on any atom is 0.309 e. The number of carbonyl (C=O) groups is 2. The van der Waals surface area contributed by atoms with Crippen molar-refractivity contribution in [1.82, 2.24) is 10.6 Å². The van der Waals surface area contributed by atoms with Crippen molar-refractivity contribution in [2.75, 3.05) is 20.2 Å². The fourth-order valence-electron chi connectivity index (χ4n) is 3.19. The molecular formula is C23H23ClN2O6S. The van der Waals surface area contributed by atoms with Crippen LogP contribution in [-0.4, -0.2) is 40.4 Å². The highest BCUT2D eigenvalue weighted by Gasteiger charge is 2.32. The highest BCUT2D eigenvalue weighted by molar-refractivity contribution is 7.91. The Morgan fingerprint density at radius 2 is 1.70 bits per heavy atom. The number of rotatable bonds is 9. The summed E-state index contributed by atoms with van der Waals surface area (Å²) in [4.78, 5) is 24.5. The standard InChI is InChI=1S/C23H23ClN2O6S/c1-31-19-6-3-2-5-16(19)12-13-25-22(27)23(28)26-15-21(20-7-4-14-32-20)33(29,30)18-10-8-17(24)9-11-18/h2-11,14,21H,12-13,15H2,1H3,(H,25,27)(H,26,28)/t21-/m1/s1. The van der Waals surface area contributed by atoms with Gasteiger partial charge in [-0.2, -0.15) is 0 Å². The van der Waals surface area contributed by atoms with Crippen molar-refractivity contribution < 1.29 is 27.2 Å². The highest BCUT2D eigenvalue weighted by Crippen LogP contribution is 2.29. The first kappa shape index (κ1) is 24.3. The van der Waals surface area contributed by atoms with Gasteiger partial charge in [0.1, 0.15) is 16.8 Å². The third-order valence-electron chi connectivity index (χ3n) is 4.90. The molecule has 2 amide bonds. The summed E-state index contributed by atoms with van der Waals surface area (Å²) in [5.74, 6) is -0.989. The second kappa shape index (κ2) is 11.0. The van der Waals surface area contributed by atoms with Crippen LogP contribution in [0.3, 0.4) is 0 Å². The van der Waals surface area contributed by atoms with Crippen molar-refractivity contribution in [3.63, 3.8) is 0 Å². The topological polar surface area (TPSA) is 115 Å². The number of carbonyl (C=O) groups excluding carboxylic acids is 2. The molecule has 0 aliphatic carbocycles. The van der Waals surface area contributed by atoms with E-state index in [4.69, 9.17) is 20.8 Å². The lowest BCUT2D eigenvalue weighted by Crippen LogP contribution is -2.42. The molecule has 174 valence electrons. The average Bonchev–Trinajstić information content (AvgIpc) is 3.34. The zero-order chi connectivity index (χ0) is 23.8. The molecular weight excluding hydrogens is 468 g/mol. The van der Waals surface area contributed by atoms with Crippen LogP contribution in [-0.2, 0) is 25.8 Å². The number of furan rings is 1. The van der Waals surface area contributed by atoms with Crippen molar-refractivity contribution in [1.29, 1.82) is 0 Å². The van der Waals surface area contributed by atoms with Gasteiger partial charge in [-0.05, 0) is 54.4 Å². The monoisotopic (exact) mass is 490 g/mol. The maximum atomic E-state index is 13.1. The molecule has 0 aliphatic rings. The third-order valence-corrected chi connectivity index (χ3v) is 7.23. The number of hydrogen-bond acceptors (Lipinski definition) is 6. The average molecular weight is 491 g/mol. The normalized spacial score (nSPS) is 12.1. The van der Waals surface area contributed by atoms with Crippen LogP contribution in [0.5, 0.6) is 5.75 Å². The van der Waals surface area contributed by atoms with E-state index in [1.807, 2.05) is 18.2 Å². The van der Waals surface area contributed by atoms with Gasteiger partial charge >= 0.3 is 11.8 Å². The highest BCUT2D eigenvalue weighted by atomic mass is 35.5. The van der Waals surface area contributed by atoms with Crippen molar-refractivity contribution >= 4 is 33.3 Å². The second-order valence-corrected chi connectivity index (χ2v) is 9.60. The molecule has 0 spiro atoms. The zero-order valence-electron chi connectivity index (χ0n) is 17.8. The van der Waals surface area contributed by atoms with Gasteiger partial charge in [0.05, 0.1) is 18.3 Å². The number of halogens is 1. The predicted octanol–water partition coefficient (Wildman–Crippen LogP) is 2.93. The largest absolute Gasteiger partial charge is 0.496 e. The summed E-state index contributed by atoms with van der Waals surface area (Å²) < 4.78 is 36.8. The van der Waals surface area contributed by atoms with Gasteiger partial charge < -0.3 is 19.8 Å². The number of methoxy groups -OCH3 is 1. The summed E-state index contributed by atoms with van der Waals surface area (Å²) in [5, 5.41) is 4.08. The number of sulfone groups is 1. The molecule has 0 unspecified atom stereocenters. The Morgan fingerprint density at radius 1 is 1.00 bits per heavy atom. The fourth-order valence-corrected chi connectivity index (χ4v) is 4.91. The van der Waals surface area contributed by atoms with Crippen LogP contribution in [0.25, 0.3) is 0 Å². The first-order chi connectivity index (χ1) is 15.8. The Hall–Kier alpha value is -3.30. The Labute approximate surface area is 196 Å². The van der Waals surface area contributed by atoms with E-state index in [0.29, 0.717) is 17.2 Å². The summed E-state index contributed by atoms with van der Waals surface area (Å²) in [6, 6.07) is 16.1. The molecule has 33 heavy (non-hydrogen) atoms. The zero-order valence-corrected chi connectivity index (χ0v) is 19.4. The minimum Gasteiger partial charge on any atom is -0.496 e. The van der Waals surface area contributed by atoms with E-state index >= 15 is 0 Å². The molecule has 0 saturated carbocycles. The Bertz CT molecular complexity index is 1190. The summed E-state index contributed by atoms with van der Waals surface area (Å²) in [5.41, 5.74) is 0.882. The van der Waals surface area contributed by atoms with Crippen molar-refractivity contribution in [3.8, 4) is 5.75 Å². The predicted molar refractivity (Wildman–Crippen MR) is 123 cm³/mol. The van der Waals surface area contributed by atoms with E-state index in [0.717, 1.165) is 5.56 Å². The van der Waals surface area contributed by atoms with Crippen molar-refractivity contribution in [3.05, 3.63) is 83.3 Å². The molecule has 3 rings (SSSR count). The Balaban J connectivity index is 1.62. The van der Waals surface area contributed by atoms with Gasteiger partial charge in [-0.3, -0.25) is 9.59 Å². The van der Waals surface area contributed by atoms with Crippen LogP contribution in [0, 0.1) is 0 Å². The summed E-state index contributed by atoms with van der Waals surface area (Å²) in [6.07, 6.45) is 1.80. The molecule has 1 atom stereocenters. The van der Waals surface area contributed by atoms with E-state index in [1.54, 1.807) is 19.2 Å². The van der Waals surface area contributed by atoms with E-state index in [1.165, 1.54) is 36.6 Å². The maximum absolute atomic E-state index is 13.1. The second-order valence-electron chi connectivity index (χ2n) is 7.03. The lowest BCUT2D eigenvalue weighted by molar-refractivity contribution is -0.139. The lowest BCUT2D eigenvalue weighted by atomic mass is 10.1. The van der Waals surface area contributed by atoms with Crippen LogP contribution in [0.2, 0.25) is 5.02 Å². The lowest BCUT2D eigenvalue weighted by Gasteiger charge is -2.16. The van der Waals surface area contributed by atoms with Gasteiger partial charge in [0.2, 0.25) is 0 Å². The quantitative estimate of drug-likeness (QED) is 0.446. The Kier molecular flexibility index (Phi) is 8.13. The Morgan fingerprint density at radius 3 is 2.36 bits per heavy atom.